The summed E-state index contributed by atoms with van der Waals surface area (Å²) in [5.74, 6) is -2.76. The van der Waals surface area contributed by atoms with Crippen molar-refractivity contribution in [2.45, 2.75) is 38.5 Å². The third-order valence-electron chi connectivity index (χ3n) is 5.58. The number of amides is 2. The van der Waals surface area contributed by atoms with Crippen LogP contribution in [0.5, 0.6) is 0 Å². The van der Waals surface area contributed by atoms with Gasteiger partial charge in [0.05, 0.1) is 35.2 Å². The summed E-state index contributed by atoms with van der Waals surface area (Å²) in [6.45, 7) is 6.92. The molecule has 1 aliphatic rings. The number of rotatable bonds is 8. The highest BCUT2D eigenvalue weighted by Crippen LogP contribution is 2.40. The minimum Gasteiger partial charge on any atom is -0.463 e. The largest absolute Gasteiger partial charge is 0.463 e. The first-order chi connectivity index (χ1) is 18.0. The standard InChI is InChI=1S/C26H28FN3O7S/c1-5-36-24(31)21-15(3)28-16(4)22(25(32)37-6-2)23(21)17-8-7-9-19(14-17)29-26(33)30-38(34,35)20-12-10-18(27)11-13-20/h7-14,23,28H,5-6H2,1-4H3,(H2,29,30,33). The first-order valence-electron chi connectivity index (χ1n) is 11.7. The molecule has 38 heavy (non-hydrogen) atoms. The van der Waals surface area contributed by atoms with E-state index < -0.39 is 39.7 Å². The fourth-order valence-corrected chi connectivity index (χ4v) is 4.94. The molecule has 202 valence electrons. The molecule has 0 saturated heterocycles. The average molecular weight is 546 g/mol. The summed E-state index contributed by atoms with van der Waals surface area (Å²) >= 11 is 0. The predicted octanol–water partition coefficient (Wildman–Crippen LogP) is 3.70. The Morgan fingerprint density at radius 3 is 2.00 bits per heavy atom. The van der Waals surface area contributed by atoms with Crippen LogP contribution in [0.3, 0.4) is 0 Å². The van der Waals surface area contributed by atoms with Crippen LogP contribution >= 0.6 is 0 Å². The molecule has 0 bridgehead atoms. The van der Waals surface area contributed by atoms with Crippen LogP contribution in [0.4, 0.5) is 14.9 Å². The lowest BCUT2D eigenvalue weighted by Crippen LogP contribution is -2.34. The monoisotopic (exact) mass is 545 g/mol. The second-order valence-corrected chi connectivity index (χ2v) is 9.90. The maximum atomic E-state index is 13.1. The number of anilines is 1. The number of hydrogen-bond donors (Lipinski definition) is 3. The Labute approximate surface area is 220 Å². The number of allylic oxidation sites excluding steroid dienone is 2. The van der Waals surface area contributed by atoms with Crippen LogP contribution in [0, 0.1) is 5.82 Å². The van der Waals surface area contributed by atoms with E-state index >= 15 is 0 Å². The normalized spacial score (nSPS) is 14.0. The summed E-state index contributed by atoms with van der Waals surface area (Å²) in [7, 11) is -4.27. The van der Waals surface area contributed by atoms with Gasteiger partial charge < -0.3 is 20.1 Å². The zero-order valence-electron chi connectivity index (χ0n) is 21.3. The highest BCUT2D eigenvalue weighted by Gasteiger charge is 2.38. The summed E-state index contributed by atoms with van der Waals surface area (Å²) < 4.78 is 50.4. The van der Waals surface area contributed by atoms with Crippen molar-refractivity contribution in [1.29, 1.82) is 0 Å². The Hall–Kier alpha value is -4.19. The quantitative estimate of drug-likeness (QED) is 0.427. The number of sulfonamides is 1. The maximum Gasteiger partial charge on any atom is 0.336 e. The van der Waals surface area contributed by atoms with Crippen molar-refractivity contribution in [1.82, 2.24) is 10.0 Å². The molecule has 0 radical (unpaired) electrons. The summed E-state index contributed by atoms with van der Waals surface area (Å²) in [4.78, 5) is 38.1. The summed E-state index contributed by atoms with van der Waals surface area (Å²) in [6.07, 6.45) is 0. The molecule has 3 N–H and O–H groups in total. The smallest absolute Gasteiger partial charge is 0.336 e. The van der Waals surface area contributed by atoms with Crippen molar-refractivity contribution >= 4 is 33.7 Å². The lowest BCUT2D eigenvalue weighted by molar-refractivity contribution is -0.139. The molecule has 0 atom stereocenters. The van der Waals surface area contributed by atoms with Gasteiger partial charge in [0.15, 0.2) is 0 Å². The van der Waals surface area contributed by atoms with Gasteiger partial charge in [0.1, 0.15) is 5.82 Å². The molecular weight excluding hydrogens is 517 g/mol. The number of nitrogens with one attached hydrogen (secondary N) is 3. The second kappa shape index (κ2) is 11.9. The number of esters is 2. The molecule has 0 aliphatic carbocycles. The molecule has 1 heterocycles. The van der Waals surface area contributed by atoms with E-state index in [0.29, 0.717) is 17.0 Å². The van der Waals surface area contributed by atoms with Crippen molar-refractivity contribution in [2.75, 3.05) is 18.5 Å². The molecule has 12 heteroatoms. The molecule has 0 saturated carbocycles. The number of carbonyl (C=O) groups excluding carboxylic acids is 3. The maximum absolute atomic E-state index is 13.1. The molecule has 1 aliphatic heterocycles. The highest BCUT2D eigenvalue weighted by atomic mass is 32.2. The van der Waals surface area contributed by atoms with Crippen LogP contribution in [-0.2, 0) is 29.1 Å². The number of ether oxygens (including phenoxy) is 2. The van der Waals surface area contributed by atoms with Gasteiger partial charge in [-0.2, -0.15) is 0 Å². The van der Waals surface area contributed by atoms with Crippen LogP contribution in [0.2, 0.25) is 0 Å². The van der Waals surface area contributed by atoms with Gasteiger partial charge in [0.2, 0.25) is 0 Å². The summed E-state index contributed by atoms with van der Waals surface area (Å²) in [6, 6.07) is 9.18. The van der Waals surface area contributed by atoms with E-state index in [1.165, 1.54) is 12.1 Å². The Balaban J connectivity index is 1.95. The minimum atomic E-state index is -4.27. The molecule has 0 fully saturated rings. The van der Waals surface area contributed by atoms with E-state index in [9.17, 15) is 27.2 Å². The van der Waals surface area contributed by atoms with Crippen LogP contribution in [0.1, 0.15) is 39.2 Å². The third kappa shape index (κ3) is 6.38. The molecule has 0 spiro atoms. The number of halogens is 1. The zero-order chi connectivity index (χ0) is 28.0. The van der Waals surface area contributed by atoms with E-state index in [0.717, 1.165) is 24.3 Å². The van der Waals surface area contributed by atoms with E-state index in [1.807, 2.05) is 4.72 Å². The predicted molar refractivity (Wildman–Crippen MR) is 137 cm³/mol. The van der Waals surface area contributed by atoms with Gasteiger partial charge in [-0.3, -0.25) is 0 Å². The van der Waals surface area contributed by atoms with E-state index in [4.69, 9.17) is 9.47 Å². The SMILES string of the molecule is CCOC(=O)C1=C(C)NC(C)=C(C(=O)OCC)C1c1cccc(NC(=O)NS(=O)(=O)c2ccc(F)cc2)c1. The Kier molecular flexibility index (Phi) is 8.89. The molecule has 2 aromatic rings. The second-order valence-electron chi connectivity index (χ2n) is 8.22. The van der Waals surface area contributed by atoms with Crippen LogP contribution in [0.15, 0.2) is 76.0 Å². The molecular formula is C26H28FN3O7S. The number of hydrogen-bond acceptors (Lipinski definition) is 8. The molecule has 10 nitrogen and oxygen atoms in total. The van der Waals surface area contributed by atoms with E-state index in [2.05, 4.69) is 10.6 Å². The molecule has 2 amide bonds. The van der Waals surface area contributed by atoms with Gasteiger partial charge >= 0.3 is 18.0 Å². The van der Waals surface area contributed by atoms with Gasteiger partial charge in [-0.1, -0.05) is 12.1 Å². The Morgan fingerprint density at radius 2 is 1.47 bits per heavy atom. The molecule has 0 aromatic heterocycles. The van der Waals surface area contributed by atoms with Crippen LogP contribution in [0.25, 0.3) is 0 Å². The molecule has 0 unspecified atom stereocenters. The van der Waals surface area contributed by atoms with Gasteiger partial charge in [0.25, 0.3) is 10.0 Å². The first-order valence-corrected chi connectivity index (χ1v) is 13.2. The van der Waals surface area contributed by atoms with Crippen LogP contribution < -0.4 is 15.4 Å². The third-order valence-corrected chi connectivity index (χ3v) is 6.93. The fraction of sp³-hybridized carbons (Fsp3) is 0.269. The zero-order valence-corrected chi connectivity index (χ0v) is 22.1. The van der Waals surface area contributed by atoms with Crippen molar-refractivity contribution in [3.63, 3.8) is 0 Å². The summed E-state index contributed by atoms with van der Waals surface area (Å²) in [5, 5.41) is 5.47. The fourth-order valence-electron chi connectivity index (χ4n) is 4.03. The van der Waals surface area contributed by atoms with E-state index in [1.54, 1.807) is 39.8 Å². The number of urea groups is 1. The highest BCUT2D eigenvalue weighted by molar-refractivity contribution is 7.90. The van der Waals surface area contributed by atoms with Crippen molar-refractivity contribution in [3.05, 3.63) is 82.5 Å². The first kappa shape index (κ1) is 28.4. The van der Waals surface area contributed by atoms with Crippen molar-refractivity contribution < 1.29 is 36.7 Å². The van der Waals surface area contributed by atoms with Gasteiger partial charge in [0, 0.05) is 17.1 Å². The Bertz CT molecular complexity index is 1380. The van der Waals surface area contributed by atoms with Gasteiger partial charge in [-0.05, 0) is 69.7 Å². The summed E-state index contributed by atoms with van der Waals surface area (Å²) in [5.41, 5.74) is 2.01. The van der Waals surface area contributed by atoms with Gasteiger partial charge in [-0.15, -0.1) is 0 Å². The number of benzene rings is 2. The average Bonchev–Trinajstić information content (AvgIpc) is 2.83. The number of carbonyl (C=O) groups is 3. The van der Waals surface area contributed by atoms with Crippen LogP contribution in [-0.4, -0.2) is 39.6 Å². The minimum absolute atomic E-state index is 0.115. The molecule has 3 rings (SSSR count). The topological polar surface area (TPSA) is 140 Å². The van der Waals surface area contributed by atoms with Gasteiger partial charge in [-0.25, -0.2) is 31.9 Å². The lowest BCUT2D eigenvalue weighted by Gasteiger charge is -2.30. The van der Waals surface area contributed by atoms with E-state index in [-0.39, 0.29) is 34.9 Å². The van der Waals surface area contributed by atoms with Crippen molar-refractivity contribution in [3.8, 4) is 0 Å². The number of dihydropyridines is 1. The Morgan fingerprint density at radius 1 is 0.921 bits per heavy atom. The lowest BCUT2D eigenvalue weighted by atomic mass is 9.80. The molecule has 2 aromatic carbocycles. The van der Waals surface area contributed by atoms with Crippen molar-refractivity contribution in [2.24, 2.45) is 0 Å².